The molecule has 0 radical (unpaired) electrons. The molecule has 4 rings (SSSR count). The number of benzene rings is 2. The van der Waals surface area contributed by atoms with E-state index in [-0.39, 0.29) is 24.0 Å². The number of hydrogen-bond acceptors (Lipinski definition) is 3. The SMILES string of the molecule is CN1C(=O)/C(=C/c2ccc(C(=O)NCCc3ccccc3)cc2)OC2CCCCC21. The molecule has 2 aromatic carbocycles. The summed E-state index contributed by atoms with van der Waals surface area (Å²) < 4.78 is 6.04. The van der Waals surface area contributed by atoms with Gasteiger partial charge in [0.25, 0.3) is 11.8 Å². The molecular formula is C25H28N2O3. The van der Waals surface area contributed by atoms with Gasteiger partial charge in [-0.05, 0) is 55.0 Å². The van der Waals surface area contributed by atoms with Gasteiger partial charge in [0.15, 0.2) is 5.76 Å². The number of morpholine rings is 1. The topological polar surface area (TPSA) is 58.6 Å². The molecule has 1 saturated heterocycles. The Hall–Kier alpha value is -3.08. The summed E-state index contributed by atoms with van der Waals surface area (Å²) in [4.78, 5) is 26.9. The molecule has 1 aliphatic heterocycles. The maximum atomic E-state index is 12.7. The van der Waals surface area contributed by atoms with Crippen LogP contribution in [0, 0.1) is 0 Å². The van der Waals surface area contributed by atoms with Gasteiger partial charge in [0, 0.05) is 19.2 Å². The average molecular weight is 405 g/mol. The molecule has 2 atom stereocenters. The van der Waals surface area contributed by atoms with Crippen molar-refractivity contribution in [3.05, 3.63) is 77.0 Å². The van der Waals surface area contributed by atoms with Crippen LogP contribution in [0.25, 0.3) is 6.08 Å². The molecule has 1 aliphatic carbocycles. The summed E-state index contributed by atoms with van der Waals surface area (Å²) in [6.45, 7) is 0.589. The zero-order valence-corrected chi connectivity index (χ0v) is 17.3. The van der Waals surface area contributed by atoms with E-state index >= 15 is 0 Å². The zero-order valence-electron chi connectivity index (χ0n) is 17.3. The van der Waals surface area contributed by atoms with E-state index in [0.717, 1.165) is 37.7 Å². The average Bonchev–Trinajstić information content (AvgIpc) is 2.78. The Morgan fingerprint density at radius 3 is 2.60 bits per heavy atom. The van der Waals surface area contributed by atoms with E-state index in [0.29, 0.717) is 17.9 Å². The number of rotatable bonds is 5. The van der Waals surface area contributed by atoms with Crippen molar-refractivity contribution >= 4 is 17.9 Å². The molecular weight excluding hydrogens is 376 g/mol. The first-order valence-electron chi connectivity index (χ1n) is 10.7. The minimum Gasteiger partial charge on any atom is -0.482 e. The number of fused-ring (bicyclic) bond motifs is 1. The normalized spacial score (nSPS) is 22.4. The molecule has 5 nitrogen and oxygen atoms in total. The van der Waals surface area contributed by atoms with Crippen LogP contribution in [-0.2, 0) is 16.0 Å². The zero-order chi connectivity index (χ0) is 20.9. The summed E-state index contributed by atoms with van der Waals surface area (Å²) in [5.41, 5.74) is 2.65. The van der Waals surface area contributed by atoms with Crippen LogP contribution in [0.3, 0.4) is 0 Å². The molecule has 30 heavy (non-hydrogen) atoms. The number of ether oxygens (including phenoxy) is 1. The van der Waals surface area contributed by atoms with Gasteiger partial charge >= 0.3 is 0 Å². The number of nitrogens with one attached hydrogen (secondary N) is 1. The van der Waals surface area contributed by atoms with Crippen LogP contribution in [0.2, 0.25) is 0 Å². The van der Waals surface area contributed by atoms with Gasteiger partial charge < -0.3 is 15.0 Å². The summed E-state index contributed by atoms with van der Waals surface area (Å²) in [6, 6.07) is 17.5. The molecule has 0 aromatic heterocycles. The highest BCUT2D eigenvalue weighted by molar-refractivity contribution is 5.97. The lowest BCUT2D eigenvalue weighted by Gasteiger charge is -2.42. The highest BCUT2D eigenvalue weighted by atomic mass is 16.5. The highest BCUT2D eigenvalue weighted by Crippen LogP contribution is 2.32. The minimum absolute atomic E-state index is 0.0686. The Kier molecular flexibility index (Phi) is 6.17. The van der Waals surface area contributed by atoms with Crippen molar-refractivity contribution in [2.75, 3.05) is 13.6 Å². The fourth-order valence-corrected chi connectivity index (χ4v) is 4.24. The monoisotopic (exact) mass is 404 g/mol. The minimum atomic E-state index is -0.0973. The molecule has 0 spiro atoms. The van der Waals surface area contributed by atoms with Crippen molar-refractivity contribution in [1.82, 2.24) is 10.2 Å². The second-order valence-electron chi connectivity index (χ2n) is 8.05. The maximum absolute atomic E-state index is 12.7. The first-order valence-corrected chi connectivity index (χ1v) is 10.7. The Balaban J connectivity index is 1.37. The van der Waals surface area contributed by atoms with E-state index < -0.39 is 0 Å². The van der Waals surface area contributed by atoms with Crippen LogP contribution in [0.1, 0.15) is 47.2 Å². The third kappa shape index (κ3) is 4.56. The number of carbonyl (C=O) groups excluding carboxylic acids is 2. The van der Waals surface area contributed by atoms with E-state index in [2.05, 4.69) is 17.4 Å². The van der Waals surface area contributed by atoms with Gasteiger partial charge in [0.05, 0.1) is 6.04 Å². The number of nitrogens with zero attached hydrogens (tertiary/aromatic N) is 1. The fraction of sp³-hybridized carbons (Fsp3) is 0.360. The Bertz CT molecular complexity index is 921. The molecule has 2 unspecified atom stereocenters. The van der Waals surface area contributed by atoms with Gasteiger partial charge in [0.2, 0.25) is 0 Å². The van der Waals surface area contributed by atoms with Crippen molar-refractivity contribution in [1.29, 1.82) is 0 Å². The standard InChI is InChI=1S/C25H28N2O3/c1-27-21-9-5-6-10-22(21)30-23(25(27)29)17-19-11-13-20(14-12-19)24(28)26-16-15-18-7-3-2-4-8-18/h2-4,7-8,11-14,17,21-22H,5-6,9-10,15-16H2,1H3,(H,26,28)/b23-17-. The number of carbonyl (C=O) groups is 2. The number of likely N-dealkylation sites (N-methyl/N-ethyl adjacent to an activating group) is 1. The number of hydrogen-bond donors (Lipinski definition) is 1. The Labute approximate surface area is 177 Å². The van der Waals surface area contributed by atoms with Crippen LogP contribution < -0.4 is 5.32 Å². The van der Waals surface area contributed by atoms with E-state index in [1.54, 1.807) is 18.2 Å². The van der Waals surface area contributed by atoms with E-state index in [1.807, 2.05) is 42.3 Å². The van der Waals surface area contributed by atoms with Crippen LogP contribution in [-0.4, -0.2) is 42.5 Å². The van der Waals surface area contributed by atoms with Gasteiger partial charge in [-0.15, -0.1) is 0 Å². The highest BCUT2D eigenvalue weighted by Gasteiger charge is 2.39. The van der Waals surface area contributed by atoms with Crippen LogP contribution >= 0.6 is 0 Å². The van der Waals surface area contributed by atoms with Crippen molar-refractivity contribution in [3.8, 4) is 0 Å². The molecule has 2 fully saturated rings. The lowest BCUT2D eigenvalue weighted by Crippen LogP contribution is -2.52. The summed E-state index contributed by atoms with van der Waals surface area (Å²) in [5.74, 6) is 0.224. The van der Waals surface area contributed by atoms with Crippen molar-refractivity contribution < 1.29 is 14.3 Å². The first kappa shape index (κ1) is 20.2. The lowest BCUT2D eigenvalue weighted by atomic mass is 9.90. The van der Waals surface area contributed by atoms with Crippen LogP contribution in [0.5, 0.6) is 0 Å². The summed E-state index contributed by atoms with van der Waals surface area (Å²) in [7, 11) is 1.87. The molecule has 2 aliphatic rings. The van der Waals surface area contributed by atoms with E-state index in [4.69, 9.17) is 4.74 Å². The van der Waals surface area contributed by atoms with Crippen molar-refractivity contribution in [2.24, 2.45) is 0 Å². The quantitative estimate of drug-likeness (QED) is 0.771. The van der Waals surface area contributed by atoms with Crippen LogP contribution in [0.4, 0.5) is 0 Å². The predicted octanol–water partition coefficient (Wildman–Crippen LogP) is 3.80. The Morgan fingerprint density at radius 1 is 1.10 bits per heavy atom. The second kappa shape index (κ2) is 9.16. The third-order valence-electron chi connectivity index (χ3n) is 5.99. The first-order chi connectivity index (χ1) is 14.6. The summed E-state index contributed by atoms with van der Waals surface area (Å²) >= 11 is 0. The van der Waals surface area contributed by atoms with Gasteiger partial charge in [-0.2, -0.15) is 0 Å². The van der Waals surface area contributed by atoms with Gasteiger partial charge in [-0.25, -0.2) is 0 Å². The van der Waals surface area contributed by atoms with Crippen LogP contribution in [0.15, 0.2) is 60.4 Å². The molecule has 156 valence electrons. The number of amides is 2. The third-order valence-corrected chi connectivity index (χ3v) is 5.99. The molecule has 1 heterocycles. The molecule has 1 N–H and O–H groups in total. The van der Waals surface area contributed by atoms with Gasteiger partial charge in [-0.1, -0.05) is 48.9 Å². The van der Waals surface area contributed by atoms with Crippen molar-refractivity contribution in [3.63, 3.8) is 0 Å². The second-order valence-corrected chi connectivity index (χ2v) is 8.05. The van der Waals surface area contributed by atoms with E-state index in [1.165, 1.54) is 5.56 Å². The molecule has 2 amide bonds. The van der Waals surface area contributed by atoms with Crippen molar-refractivity contribution in [2.45, 2.75) is 44.2 Å². The van der Waals surface area contributed by atoms with E-state index in [9.17, 15) is 9.59 Å². The summed E-state index contributed by atoms with van der Waals surface area (Å²) in [6.07, 6.45) is 6.95. The maximum Gasteiger partial charge on any atom is 0.289 e. The largest absolute Gasteiger partial charge is 0.482 e. The summed E-state index contributed by atoms with van der Waals surface area (Å²) in [5, 5.41) is 2.95. The molecule has 0 bridgehead atoms. The molecule has 2 aromatic rings. The molecule has 1 saturated carbocycles. The fourth-order valence-electron chi connectivity index (χ4n) is 4.24. The smallest absolute Gasteiger partial charge is 0.289 e. The predicted molar refractivity (Wildman–Crippen MR) is 117 cm³/mol. The lowest BCUT2D eigenvalue weighted by molar-refractivity contribution is -0.145. The van der Waals surface area contributed by atoms with Gasteiger partial charge in [-0.3, -0.25) is 9.59 Å². The van der Waals surface area contributed by atoms with Gasteiger partial charge in [0.1, 0.15) is 6.10 Å². The Morgan fingerprint density at radius 2 is 1.83 bits per heavy atom. The molecule has 5 heteroatoms.